The molecule has 0 aliphatic rings. The smallest absolute Gasteiger partial charge is 0.269 e. The van der Waals surface area contributed by atoms with Crippen LogP contribution in [0.15, 0.2) is 36.4 Å². The third kappa shape index (κ3) is 2.94. The number of carbonyl (C=O) groups is 1. The molecule has 110 valence electrons. The molecule has 0 saturated heterocycles. The molecule has 22 heavy (non-hydrogen) atoms. The fourth-order valence-electron chi connectivity index (χ4n) is 2.01. The van der Waals surface area contributed by atoms with Gasteiger partial charge in [-0.15, -0.1) is 0 Å². The minimum atomic E-state index is -0.513. The maximum Gasteiger partial charge on any atom is 0.269 e. The fourth-order valence-corrected chi connectivity index (χ4v) is 2.01. The summed E-state index contributed by atoms with van der Waals surface area (Å²) >= 11 is 0. The maximum absolute atomic E-state index is 12.0. The second-order valence-electron chi connectivity index (χ2n) is 4.74. The number of ketones is 1. The van der Waals surface area contributed by atoms with Gasteiger partial charge in [-0.25, -0.2) is 0 Å². The predicted molar refractivity (Wildman–Crippen MR) is 81.3 cm³/mol. The van der Waals surface area contributed by atoms with Crippen LogP contribution < -0.4 is 0 Å². The number of benzene rings is 1. The van der Waals surface area contributed by atoms with Crippen LogP contribution in [-0.4, -0.2) is 15.3 Å². The highest BCUT2D eigenvalue weighted by Gasteiger charge is 2.09. The van der Waals surface area contributed by atoms with Crippen molar-refractivity contribution in [3.05, 3.63) is 69.0 Å². The number of nitrogens with zero attached hydrogens (tertiary/aromatic N) is 3. The highest BCUT2D eigenvalue weighted by atomic mass is 16.6. The van der Waals surface area contributed by atoms with Crippen molar-refractivity contribution in [2.45, 2.75) is 6.92 Å². The van der Waals surface area contributed by atoms with Crippen LogP contribution in [0.4, 0.5) is 5.69 Å². The minimum Gasteiger partial charge on any atom is -0.339 e. The molecule has 0 aliphatic carbocycles. The Balaban J connectivity index is 2.21. The van der Waals surface area contributed by atoms with E-state index in [4.69, 9.17) is 5.26 Å². The number of hydrogen-bond donors (Lipinski definition) is 0. The molecular weight excluding hydrogens is 282 g/mol. The summed E-state index contributed by atoms with van der Waals surface area (Å²) in [5, 5.41) is 19.5. The van der Waals surface area contributed by atoms with E-state index in [-0.39, 0.29) is 11.5 Å². The molecule has 0 atom stereocenters. The first-order valence-corrected chi connectivity index (χ1v) is 6.47. The second-order valence-corrected chi connectivity index (χ2v) is 4.74. The number of nitro groups is 1. The molecule has 0 N–H and O–H groups in total. The monoisotopic (exact) mass is 295 g/mol. The van der Waals surface area contributed by atoms with Crippen molar-refractivity contribution in [2.75, 3.05) is 0 Å². The topological polar surface area (TPSA) is 88.9 Å². The van der Waals surface area contributed by atoms with Gasteiger partial charge in [0.1, 0.15) is 11.8 Å². The molecular formula is C16H13N3O3. The number of aromatic nitrogens is 1. The first-order chi connectivity index (χ1) is 10.4. The Labute approximate surface area is 127 Å². The number of rotatable bonds is 4. The van der Waals surface area contributed by atoms with E-state index in [9.17, 15) is 14.9 Å². The predicted octanol–water partition coefficient (Wildman–Crippen LogP) is 3.01. The summed E-state index contributed by atoms with van der Waals surface area (Å²) in [4.78, 5) is 22.1. The zero-order valence-corrected chi connectivity index (χ0v) is 12.1. The Morgan fingerprint density at radius 2 is 2.00 bits per heavy atom. The van der Waals surface area contributed by atoms with Crippen LogP contribution in [-0.2, 0) is 7.05 Å². The average molecular weight is 295 g/mol. The first kappa shape index (κ1) is 15.2. The molecule has 0 amide bonds. The van der Waals surface area contributed by atoms with Crippen molar-refractivity contribution in [2.24, 2.45) is 7.05 Å². The van der Waals surface area contributed by atoms with Gasteiger partial charge in [-0.05, 0) is 42.8 Å². The van der Waals surface area contributed by atoms with Gasteiger partial charge >= 0.3 is 0 Å². The zero-order chi connectivity index (χ0) is 16.3. The van der Waals surface area contributed by atoms with Gasteiger partial charge in [0.15, 0.2) is 5.78 Å². The summed E-state index contributed by atoms with van der Waals surface area (Å²) < 4.78 is 1.75. The summed E-state index contributed by atoms with van der Waals surface area (Å²) in [5.74, 6) is -0.253. The molecule has 2 rings (SSSR count). The molecule has 0 saturated carbocycles. The first-order valence-electron chi connectivity index (χ1n) is 6.47. The summed E-state index contributed by atoms with van der Waals surface area (Å²) in [7, 11) is 1.78. The lowest BCUT2D eigenvalue weighted by atomic mass is 10.1. The molecule has 0 spiro atoms. The van der Waals surface area contributed by atoms with Crippen molar-refractivity contribution < 1.29 is 9.72 Å². The van der Waals surface area contributed by atoms with E-state index in [1.54, 1.807) is 23.8 Å². The number of hydrogen-bond acceptors (Lipinski definition) is 4. The van der Waals surface area contributed by atoms with Crippen LogP contribution >= 0.6 is 0 Å². The quantitative estimate of drug-likeness (QED) is 0.375. The van der Waals surface area contributed by atoms with Gasteiger partial charge in [0, 0.05) is 30.4 Å². The number of non-ortho nitro benzene ring substituents is 1. The van der Waals surface area contributed by atoms with Crippen molar-refractivity contribution in [1.82, 2.24) is 4.57 Å². The van der Waals surface area contributed by atoms with E-state index in [1.165, 1.54) is 30.3 Å². The van der Waals surface area contributed by atoms with E-state index in [2.05, 4.69) is 6.07 Å². The van der Waals surface area contributed by atoms with Crippen LogP contribution in [0.2, 0.25) is 0 Å². The van der Waals surface area contributed by atoms with Crippen LogP contribution in [0.3, 0.4) is 0 Å². The van der Waals surface area contributed by atoms with Gasteiger partial charge in [0.05, 0.1) is 4.92 Å². The highest BCUT2D eigenvalue weighted by Crippen LogP contribution is 2.16. The third-order valence-corrected chi connectivity index (χ3v) is 3.47. The lowest BCUT2D eigenvalue weighted by Crippen LogP contribution is -1.96. The minimum absolute atomic E-state index is 0.0573. The van der Waals surface area contributed by atoms with E-state index >= 15 is 0 Å². The second kappa shape index (κ2) is 6.06. The van der Waals surface area contributed by atoms with Crippen LogP contribution in [0.1, 0.15) is 27.3 Å². The van der Waals surface area contributed by atoms with Gasteiger partial charge in [-0.2, -0.15) is 5.26 Å². The van der Waals surface area contributed by atoms with Crippen molar-refractivity contribution >= 4 is 17.5 Å². The highest BCUT2D eigenvalue weighted by molar-refractivity contribution is 6.07. The molecule has 0 aliphatic heterocycles. The lowest BCUT2D eigenvalue weighted by molar-refractivity contribution is -0.384. The number of allylic oxidation sites excluding steroid dienone is 1. The van der Waals surface area contributed by atoms with Gasteiger partial charge in [-0.3, -0.25) is 14.9 Å². The maximum atomic E-state index is 12.0. The van der Waals surface area contributed by atoms with Crippen LogP contribution in [0.25, 0.3) is 6.08 Å². The summed E-state index contributed by atoms with van der Waals surface area (Å²) in [6.45, 7) is 1.86. The van der Waals surface area contributed by atoms with Gasteiger partial charge in [0.2, 0.25) is 0 Å². The number of nitriles is 1. The zero-order valence-electron chi connectivity index (χ0n) is 12.1. The van der Waals surface area contributed by atoms with E-state index in [1.807, 2.05) is 6.92 Å². The Morgan fingerprint density at radius 1 is 1.36 bits per heavy atom. The molecule has 0 fully saturated rings. The molecule has 2 aromatic rings. The van der Waals surface area contributed by atoms with E-state index in [0.717, 1.165) is 11.3 Å². The van der Waals surface area contributed by atoms with E-state index < -0.39 is 4.92 Å². The SMILES string of the molecule is Cc1c(/C=C/C(=O)c2ccc([N+](=O)[O-])cc2)cc(C#N)n1C. The standard InChI is InChI=1S/C16H13N3O3/c1-11-13(9-15(10-17)18(11)2)5-8-16(20)12-3-6-14(7-4-12)19(21)22/h3-9H,1-2H3/b8-5+. The average Bonchev–Trinajstić information content (AvgIpc) is 2.80. The summed E-state index contributed by atoms with van der Waals surface area (Å²) in [6.07, 6.45) is 3.03. The molecule has 6 nitrogen and oxygen atoms in total. The van der Waals surface area contributed by atoms with E-state index in [0.29, 0.717) is 11.3 Å². The van der Waals surface area contributed by atoms with Crippen LogP contribution in [0.5, 0.6) is 0 Å². The molecule has 0 unspecified atom stereocenters. The Kier molecular flexibility index (Phi) is 4.18. The molecule has 0 radical (unpaired) electrons. The molecule has 1 aromatic heterocycles. The van der Waals surface area contributed by atoms with Gasteiger partial charge in [-0.1, -0.05) is 0 Å². The molecule has 6 heteroatoms. The van der Waals surface area contributed by atoms with Crippen molar-refractivity contribution in [3.63, 3.8) is 0 Å². The largest absolute Gasteiger partial charge is 0.339 e. The van der Waals surface area contributed by atoms with Crippen molar-refractivity contribution in [3.8, 4) is 6.07 Å². The summed E-state index contributed by atoms with van der Waals surface area (Å²) in [6, 6.07) is 9.20. The fraction of sp³-hybridized carbons (Fsp3) is 0.125. The Hall–Kier alpha value is -3.20. The normalized spacial score (nSPS) is 10.6. The number of carbonyl (C=O) groups excluding carboxylic acids is 1. The Morgan fingerprint density at radius 3 is 2.50 bits per heavy atom. The summed E-state index contributed by atoms with van der Waals surface area (Å²) in [5.41, 5.74) is 2.49. The van der Waals surface area contributed by atoms with Gasteiger partial charge < -0.3 is 4.57 Å². The Bertz CT molecular complexity index is 808. The van der Waals surface area contributed by atoms with Gasteiger partial charge in [0.25, 0.3) is 5.69 Å². The molecule has 1 aromatic carbocycles. The third-order valence-electron chi connectivity index (χ3n) is 3.47. The lowest BCUT2D eigenvalue weighted by Gasteiger charge is -1.98. The molecule has 0 bridgehead atoms. The van der Waals surface area contributed by atoms with Crippen LogP contribution in [0, 0.1) is 28.4 Å². The molecule has 1 heterocycles. The number of nitro benzene ring substituents is 1. The van der Waals surface area contributed by atoms with Crippen molar-refractivity contribution in [1.29, 1.82) is 5.26 Å².